The fourth-order valence-corrected chi connectivity index (χ4v) is 6.41. The third kappa shape index (κ3) is 4.96. The fraction of sp³-hybridized carbons (Fsp3) is 0.226. The number of para-hydroxylation sites is 3. The number of amides is 1. The molecule has 0 saturated carbocycles. The zero-order chi connectivity index (χ0) is 29.3. The van der Waals surface area contributed by atoms with Gasteiger partial charge in [-0.05, 0) is 61.4 Å². The quantitative estimate of drug-likeness (QED) is 0.291. The minimum atomic E-state index is -3.91. The summed E-state index contributed by atoms with van der Waals surface area (Å²) in [4.78, 5) is 23.1. The molecule has 0 atom stereocenters. The zero-order valence-electron chi connectivity index (χ0n) is 23.3. The summed E-state index contributed by atoms with van der Waals surface area (Å²) in [5.74, 6) is 0.825. The Bertz CT molecular complexity index is 1950. The van der Waals surface area contributed by atoms with Crippen molar-refractivity contribution in [3.63, 3.8) is 0 Å². The van der Waals surface area contributed by atoms with Crippen LogP contribution < -0.4 is 14.5 Å². The predicted octanol–water partition coefficient (Wildman–Crippen LogP) is 4.52. The number of carbonyl (C=O) groups excluding carboxylic acids is 1. The van der Waals surface area contributed by atoms with Gasteiger partial charge in [0.25, 0.3) is 15.9 Å². The molecule has 1 aliphatic heterocycles. The van der Waals surface area contributed by atoms with E-state index in [1.54, 1.807) is 35.1 Å². The molecule has 10 nitrogen and oxygen atoms in total. The van der Waals surface area contributed by atoms with Crippen LogP contribution in [-0.2, 0) is 23.0 Å². The summed E-state index contributed by atoms with van der Waals surface area (Å²) in [7, 11) is -0.950. The van der Waals surface area contributed by atoms with Gasteiger partial charge in [-0.25, -0.2) is 18.1 Å². The van der Waals surface area contributed by atoms with E-state index >= 15 is 0 Å². The number of anilines is 1. The van der Waals surface area contributed by atoms with Crippen molar-refractivity contribution in [3.8, 4) is 11.4 Å². The van der Waals surface area contributed by atoms with Gasteiger partial charge in [-0.15, -0.1) is 0 Å². The summed E-state index contributed by atoms with van der Waals surface area (Å²) in [6.07, 6.45) is 5.50. The lowest BCUT2D eigenvalue weighted by atomic mass is 10.2. The van der Waals surface area contributed by atoms with Crippen LogP contribution in [0.25, 0.3) is 16.7 Å². The van der Waals surface area contributed by atoms with Gasteiger partial charge in [0, 0.05) is 25.6 Å². The second kappa shape index (κ2) is 11.2. The van der Waals surface area contributed by atoms with E-state index < -0.39 is 15.9 Å². The van der Waals surface area contributed by atoms with Crippen molar-refractivity contribution in [2.75, 3.05) is 18.5 Å². The summed E-state index contributed by atoms with van der Waals surface area (Å²) >= 11 is 0. The Morgan fingerprint density at radius 2 is 1.69 bits per heavy atom. The fourth-order valence-electron chi connectivity index (χ4n) is 5.20. The van der Waals surface area contributed by atoms with Crippen LogP contribution in [0.4, 0.5) is 5.69 Å². The summed E-state index contributed by atoms with van der Waals surface area (Å²) in [5.41, 5.74) is 2.70. The third-order valence-corrected chi connectivity index (χ3v) is 9.25. The van der Waals surface area contributed by atoms with Gasteiger partial charge < -0.3 is 9.30 Å². The van der Waals surface area contributed by atoms with E-state index in [4.69, 9.17) is 9.72 Å². The molecule has 0 N–H and O–H groups in total. The molecule has 2 aromatic heterocycles. The molecule has 3 heterocycles. The molecule has 214 valence electrons. The van der Waals surface area contributed by atoms with Crippen molar-refractivity contribution >= 4 is 32.7 Å². The van der Waals surface area contributed by atoms with Gasteiger partial charge in [-0.3, -0.25) is 9.10 Å². The standard InChI is InChI=1S/C31H30N6O4S/c1-35(26-13-8-9-14-27(26)41-2)42(39,40)24-18-16-22(17-19-24)31(38)34-29-25-21-32-37(23-11-5-3-6-12-23)30(25)33-28-15-7-4-10-20-36(28)29/h3,5-6,8-9,11-14,16-19,21H,4,7,10,15,20H2,1-2H3. The molecule has 0 spiro atoms. The first kappa shape index (κ1) is 27.4. The van der Waals surface area contributed by atoms with E-state index in [-0.39, 0.29) is 10.5 Å². The van der Waals surface area contributed by atoms with Crippen LogP contribution >= 0.6 is 0 Å². The Hall–Kier alpha value is -4.77. The predicted molar refractivity (Wildman–Crippen MR) is 159 cm³/mol. The Balaban J connectivity index is 1.39. The maximum atomic E-state index is 13.5. The first-order valence-corrected chi connectivity index (χ1v) is 15.2. The second-order valence-electron chi connectivity index (χ2n) is 10.0. The summed E-state index contributed by atoms with van der Waals surface area (Å²) in [6.45, 7) is 0.702. The molecule has 6 rings (SSSR count). The molecule has 0 radical (unpaired) electrons. The molecule has 0 bridgehead atoms. The molecule has 3 aromatic carbocycles. The number of sulfonamides is 1. The topological polar surface area (TPSA) is 112 Å². The first-order valence-electron chi connectivity index (χ1n) is 13.7. The van der Waals surface area contributed by atoms with Crippen molar-refractivity contribution in [2.45, 2.75) is 37.1 Å². The third-order valence-electron chi connectivity index (χ3n) is 7.46. The number of hydrogen-bond acceptors (Lipinski definition) is 6. The molecular formula is C31H30N6O4S. The zero-order valence-corrected chi connectivity index (χ0v) is 24.2. The van der Waals surface area contributed by atoms with Crippen molar-refractivity contribution in [1.82, 2.24) is 19.3 Å². The van der Waals surface area contributed by atoms with Crippen LogP contribution in [-0.4, -0.2) is 47.8 Å². The monoisotopic (exact) mass is 582 g/mol. The molecule has 0 aliphatic carbocycles. The lowest BCUT2D eigenvalue weighted by molar-refractivity contribution is 0.0997. The number of aryl methyl sites for hydroxylation is 1. The number of hydrogen-bond donors (Lipinski definition) is 0. The van der Waals surface area contributed by atoms with Crippen molar-refractivity contribution in [3.05, 3.63) is 102 Å². The van der Waals surface area contributed by atoms with Crippen molar-refractivity contribution < 1.29 is 17.9 Å². The van der Waals surface area contributed by atoms with Gasteiger partial charge >= 0.3 is 0 Å². The lowest BCUT2D eigenvalue weighted by Crippen LogP contribution is -2.27. The van der Waals surface area contributed by atoms with Gasteiger partial charge in [0.05, 0.1) is 35.0 Å². The highest BCUT2D eigenvalue weighted by Crippen LogP contribution is 2.31. The maximum Gasteiger partial charge on any atom is 0.278 e. The number of carbonyl (C=O) groups is 1. The number of aromatic nitrogens is 4. The molecule has 11 heteroatoms. The van der Waals surface area contributed by atoms with Gasteiger partial charge in [-0.2, -0.15) is 10.1 Å². The molecule has 5 aromatic rings. The van der Waals surface area contributed by atoms with E-state index in [0.717, 1.165) is 41.5 Å². The average molecular weight is 583 g/mol. The largest absolute Gasteiger partial charge is 0.495 e. The first-order chi connectivity index (χ1) is 20.4. The minimum Gasteiger partial charge on any atom is -0.495 e. The van der Waals surface area contributed by atoms with E-state index in [2.05, 4.69) is 10.1 Å². The number of nitrogens with zero attached hydrogens (tertiary/aromatic N) is 6. The van der Waals surface area contributed by atoms with E-state index in [1.807, 2.05) is 34.9 Å². The Kier molecular flexibility index (Phi) is 7.34. The lowest BCUT2D eigenvalue weighted by Gasteiger charge is -2.21. The van der Waals surface area contributed by atoms with Crippen molar-refractivity contribution in [2.24, 2.45) is 4.99 Å². The average Bonchev–Trinajstić information content (AvgIpc) is 3.30. The van der Waals surface area contributed by atoms with Crippen LogP contribution in [0.1, 0.15) is 35.4 Å². The molecular weight excluding hydrogens is 552 g/mol. The molecule has 0 unspecified atom stereocenters. The van der Waals surface area contributed by atoms with E-state index in [0.29, 0.717) is 34.5 Å². The highest BCUT2D eigenvalue weighted by molar-refractivity contribution is 7.92. The normalized spacial score (nSPS) is 13.9. The van der Waals surface area contributed by atoms with Crippen LogP contribution in [0.5, 0.6) is 5.75 Å². The number of rotatable bonds is 6. The van der Waals surface area contributed by atoms with E-state index in [1.165, 1.54) is 38.4 Å². The van der Waals surface area contributed by atoms with Gasteiger partial charge in [-0.1, -0.05) is 36.8 Å². The summed E-state index contributed by atoms with van der Waals surface area (Å²) < 4.78 is 37.0. The van der Waals surface area contributed by atoms with Gasteiger partial charge in [0.15, 0.2) is 11.1 Å². The molecule has 1 amide bonds. The number of fused-ring (bicyclic) bond motifs is 2. The SMILES string of the molecule is COc1ccccc1N(C)S(=O)(=O)c1ccc(C(=O)N=c2c3cnn(-c4ccccc4)c3nc3n2CCCCC3)cc1. The Morgan fingerprint density at radius 1 is 0.952 bits per heavy atom. The Labute approximate surface area is 243 Å². The maximum absolute atomic E-state index is 13.5. The molecule has 1 aliphatic rings. The second-order valence-corrected chi connectivity index (χ2v) is 12.0. The Morgan fingerprint density at radius 3 is 2.45 bits per heavy atom. The van der Waals surface area contributed by atoms with Gasteiger partial charge in [0.1, 0.15) is 11.6 Å². The molecule has 0 saturated heterocycles. The van der Waals surface area contributed by atoms with Gasteiger partial charge in [0.2, 0.25) is 0 Å². The summed E-state index contributed by atoms with van der Waals surface area (Å²) in [5, 5.41) is 5.26. The number of ether oxygens (including phenoxy) is 1. The highest BCUT2D eigenvalue weighted by atomic mass is 32.2. The van der Waals surface area contributed by atoms with Crippen LogP contribution in [0.3, 0.4) is 0 Å². The number of methoxy groups -OCH3 is 1. The van der Waals surface area contributed by atoms with Crippen molar-refractivity contribution in [1.29, 1.82) is 0 Å². The van der Waals surface area contributed by atoms with E-state index in [9.17, 15) is 13.2 Å². The smallest absolute Gasteiger partial charge is 0.278 e. The molecule has 0 fully saturated rings. The highest BCUT2D eigenvalue weighted by Gasteiger charge is 2.24. The minimum absolute atomic E-state index is 0.0473. The summed E-state index contributed by atoms with van der Waals surface area (Å²) in [6, 6.07) is 22.4. The number of benzene rings is 3. The van der Waals surface area contributed by atoms with Crippen LogP contribution in [0.2, 0.25) is 0 Å². The van der Waals surface area contributed by atoms with Crippen LogP contribution in [0, 0.1) is 0 Å². The molecule has 42 heavy (non-hydrogen) atoms. The van der Waals surface area contributed by atoms with Crippen LogP contribution in [0.15, 0.2) is 94.9 Å².